The predicted molar refractivity (Wildman–Crippen MR) is 131 cm³/mol. The molecule has 2 aromatic carbocycles. The molecule has 0 N–H and O–H groups in total. The molecule has 6 nitrogen and oxygen atoms in total. The molecule has 2 fully saturated rings. The normalized spacial score (nSPS) is 24.3. The topological polar surface area (TPSA) is 52.6 Å². The van der Waals surface area contributed by atoms with E-state index in [1.165, 1.54) is 24.3 Å². The number of aromatic nitrogens is 2. The SMILES string of the molecule is C[C@@H]1CN(C(=O)[C@@H]2CN(c3cccnn3)C[C@H]2c2ccc(F)cc2F)C[C@H](C)N1c1ccc(F)cc1. The monoisotopic (exact) mass is 495 g/mol. The van der Waals surface area contributed by atoms with E-state index in [2.05, 4.69) is 15.1 Å². The first kappa shape index (κ1) is 24.1. The zero-order valence-corrected chi connectivity index (χ0v) is 20.2. The fourth-order valence-corrected chi connectivity index (χ4v) is 5.68. The third-order valence-corrected chi connectivity index (χ3v) is 7.24. The fraction of sp³-hybridized carbons (Fsp3) is 0.370. The van der Waals surface area contributed by atoms with Gasteiger partial charge in [0.25, 0.3) is 0 Å². The smallest absolute Gasteiger partial charge is 0.228 e. The van der Waals surface area contributed by atoms with Crippen LogP contribution in [-0.2, 0) is 4.79 Å². The van der Waals surface area contributed by atoms with E-state index >= 15 is 0 Å². The lowest BCUT2D eigenvalue weighted by Gasteiger charge is -2.46. The summed E-state index contributed by atoms with van der Waals surface area (Å²) >= 11 is 0. The first-order valence-corrected chi connectivity index (χ1v) is 12.1. The molecule has 3 heterocycles. The molecule has 5 rings (SSSR count). The fourth-order valence-electron chi connectivity index (χ4n) is 5.68. The molecule has 3 aromatic rings. The molecule has 9 heteroatoms. The number of hydrogen-bond donors (Lipinski definition) is 0. The van der Waals surface area contributed by atoms with Gasteiger partial charge in [0.1, 0.15) is 17.5 Å². The molecule has 0 radical (unpaired) electrons. The van der Waals surface area contributed by atoms with Gasteiger partial charge in [-0.15, -0.1) is 5.10 Å². The zero-order valence-electron chi connectivity index (χ0n) is 20.2. The second-order valence-corrected chi connectivity index (χ2v) is 9.69. The highest BCUT2D eigenvalue weighted by molar-refractivity contribution is 5.82. The van der Waals surface area contributed by atoms with Crippen LogP contribution in [-0.4, -0.2) is 59.3 Å². The largest absolute Gasteiger partial charge is 0.363 e. The lowest BCUT2D eigenvalue weighted by molar-refractivity contribution is -0.136. The summed E-state index contributed by atoms with van der Waals surface area (Å²) in [6.45, 7) is 5.79. The highest BCUT2D eigenvalue weighted by Crippen LogP contribution is 2.38. The van der Waals surface area contributed by atoms with E-state index in [9.17, 15) is 18.0 Å². The highest BCUT2D eigenvalue weighted by atomic mass is 19.1. The minimum Gasteiger partial charge on any atom is -0.363 e. The van der Waals surface area contributed by atoms with Gasteiger partial charge in [-0.2, -0.15) is 5.10 Å². The predicted octanol–water partition coefficient (Wildman–Crippen LogP) is 4.24. The van der Waals surface area contributed by atoms with Crippen LogP contribution in [0.3, 0.4) is 0 Å². The minimum atomic E-state index is -0.651. The van der Waals surface area contributed by atoms with Crippen LogP contribution in [0.4, 0.5) is 24.7 Å². The van der Waals surface area contributed by atoms with Crippen LogP contribution in [0.5, 0.6) is 0 Å². The summed E-state index contributed by atoms with van der Waals surface area (Å²) in [6.07, 6.45) is 1.57. The van der Waals surface area contributed by atoms with Gasteiger partial charge in [0, 0.05) is 62.1 Å². The summed E-state index contributed by atoms with van der Waals surface area (Å²) in [5.41, 5.74) is 1.23. The Morgan fingerprint density at radius 1 is 0.889 bits per heavy atom. The van der Waals surface area contributed by atoms with E-state index in [0.717, 1.165) is 11.8 Å². The van der Waals surface area contributed by atoms with Crippen molar-refractivity contribution in [1.29, 1.82) is 0 Å². The van der Waals surface area contributed by atoms with Crippen molar-refractivity contribution >= 4 is 17.4 Å². The molecular formula is C27H28F3N5O. The van der Waals surface area contributed by atoms with E-state index in [0.29, 0.717) is 37.6 Å². The van der Waals surface area contributed by atoms with Crippen LogP contribution < -0.4 is 9.80 Å². The van der Waals surface area contributed by atoms with Gasteiger partial charge in [0.05, 0.1) is 5.92 Å². The molecule has 2 aliphatic heterocycles. The van der Waals surface area contributed by atoms with Crippen molar-refractivity contribution in [2.24, 2.45) is 5.92 Å². The second kappa shape index (κ2) is 9.79. The van der Waals surface area contributed by atoms with Crippen LogP contribution in [0.15, 0.2) is 60.8 Å². The van der Waals surface area contributed by atoms with Gasteiger partial charge in [0.2, 0.25) is 5.91 Å². The van der Waals surface area contributed by atoms with Crippen molar-refractivity contribution in [2.45, 2.75) is 31.8 Å². The Balaban J connectivity index is 1.40. The van der Waals surface area contributed by atoms with Gasteiger partial charge in [-0.1, -0.05) is 6.07 Å². The van der Waals surface area contributed by atoms with E-state index in [4.69, 9.17) is 0 Å². The first-order valence-electron chi connectivity index (χ1n) is 12.1. The maximum absolute atomic E-state index is 14.9. The Morgan fingerprint density at radius 3 is 2.22 bits per heavy atom. The maximum atomic E-state index is 14.9. The quantitative estimate of drug-likeness (QED) is 0.542. The van der Waals surface area contributed by atoms with Crippen LogP contribution in [0, 0.1) is 23.4 Å². The molecule has 0 aliphatic carbocycles. The molecule has 0 spiro atoms. The van der Waals surface area contributed by atoms with E-state index in [-0.39, 0.29) is 23.8 Å². The average Bonchev–Trinajstić information content (AvgIpc) is 3.30. The van der Waals surface area contributed by atoms with Crippen molar-refractivity contribution in [2.75, 3.05) is 36.0 Å². The second-order valence-electron chi connectivity index (χ2n) is 9.69. The number of carbonyl (C=O) groups excluding carboxylic acids is 1. The number of benzene rings is 2. The van der Waals surface area contributed by atoms with Gasteiger partial charge in [-0.25, -0.2) is 13.2 Å². The van der Waals surface area contributed by atoms with Crippen LogP contribution >= 0.6 is 0 Å². The van der Waals surface area contributed by atoms with Crippen molar-refractivity contribution in [1.82, 2.24) is 15.1 Å². The molecule has 2 aliphatic rings. The molecular weight excluding hydrogens is 467 g/mol. The lowest BCUT2D eigenvalue weighted by atomic mass is 9.87. The van der Waals surface area contributed by atoms with Crippen molar-refractivity contribution in [3.8, 4) is 0 Å². The Bertz CT molecular complexity index is 1210. The lowest BCUT2D eigenvalue weighted by Crippen LogP contribution is -2.59. The molecule has 36 heavy (non-hydrogen) atoms. The number of piperazine rings is 1. The van der Waals surface area contributed by atoms with Crippen LogP contribution in [0.1, 0.15) is 25.3 Å². The molecule has 1 amide bonds. The summed E-state index contributed by atoms with van der Waals surface area (Å²) in [4.78, 5) is 19.9. The molecule has 1 aromatic heterocycles. The summed E-state index contributed by atoms with van der Waals surface area (Å²) in [5.74, 6) is -2.02. The van der Waals surface area contributed by atoms with Gasteiger partial charge >= 0.3 is 0 Å². The molecule has 0 unspecified atom stereocenters. The molecule has 0 saturated carbocycles. The summed E-state index contributed by atoms with van der Waals surface area (Å²) < 4.78 is 41.9. The number of rotatable bonds is 4. The van der Waals surface area contributed by atoms with Gasteiger partial charge in [-0.3, -0.25) is 4.79 Å². The average molecular weight is 496 g/mol. The Morgan fingerprint density at radius 2 is 1.58 bits per heavy atom. The van der Waals surface area contributed by atoms with Gasteiger partial charge in [-0.05, 0) is 61.9 Å². The summed E-state index contributed by atoms with van der Waals surface area (Å²) in [6, 6.07) is 13.5. The number of hydrogen-bond acceptors (Lipinski definition) is 5. The summed E-state index contributed by atoms with van der Waals surface area (Å²) in [7, 11) is 0. The third kappa shape index (κ3) is 4.62. The number of halogens is 3. The number of anilines is 2. The molecule has 188 valence electrons. The van der Waals surface area contributed by atoms with Crippen LogP contribution in [0.25, 0.3) is 0 Å². The maximum Gasteiger partial charge on any atom is 0.228 e. The van der Waals surface area contributed by atoms with Crippen molar-refractivity contribution in [3.63, 3.8) is 0 Å². The third-order valence-electron chi connectivity index (χ3n) is 7.24. The molecule has 4 atom stereocenters. The zero-order chi connectivity index (χ0) is 25.4. The van der Waals surface area contributed by atoms with E-state index < -0.39 is 23.5 Å². The number of carbonyl (C=O) groups is 1. The number of nitrogens with zero attached hydrogens (tertiary/aromatic N) is 5. The first-order chi connectivity index (χ1) is 17.3. The summed E-state index contributed by atoms with van der Waals surface area (Å²) in [5, 5.41) is 8.11. The van der Waals surface area contributed by atoms with E-state index in [1.54, 1.807) is 24.4 Å². The Hall–Kier alpha value is -3.62. The number of amides is 1. The Kier molecular flexibility index (Phi) is 6.55. The van der Waals surface area contributed by atoms with E-state index in [1.807, 2.05) is 29.7 Å². The van der Waals surface area contributed by atoms with Gasteiger partial charge < -0.3 is 14.7 Å². The molecule has 0 bridgehead atoms. The van der Waals surface area contributed by atoms with Crippen molar-refractivity contribution in [3.05, 3.63) is 83.8 Å². The van der Waals surface area contributed by atoms with Crippen LogP contribution in [0.2, 0.25) is 0 Å². The minimum absolute atomic E-state index is 0.00154. The highest BCUT2D eigenvalue weighted by Gasteiger charge is 2.44. The molecule has 2 saturated heterocycles. The van der Waals surface area contributed by atoms with Crippen molar-refractivity contribution < 1.29 is 18.0 Å². The Labute approximate surface area is 208 Å². The standard InChI is InChI=1S/C27H28F3N5O/c1-17-13-34(14-18(2)35(17)21-8-5-19(28)6-9-21)27(36)24-16-33(26-4-3-11-31-32-26)15-23(24)22-10-7-20(29)12-25(22)30/h3-12,17-18,23-24H,13-16H2,1-2H3/t17-,18+,23-,24+/m0/s1. The van der Waals surface area contributed by atoms with Gasteiger partial charge in [0.15, 0.2) is 5.82 Å².